The van der Waals surface area contributed by atoms with E-state index in [1.165, 1.54) is 5.56 Å². The normalized spacial score (nSPS) is 19.0. The molecule has 0 radical (unpaired) electrons. The van der Waals surface area contributed by atoms with Crippen LogP contribution in [-0.4, -0.2) is 34.6 Å². The van der Waals surface area contributed by atoms with Gasteiger partial charge in [0.05, 0.1) is 5.60 Å². The van der Waals surface area contributed by atoms with Gasteiger partial charge in [0.2, 0.25) is 5.91 Å². The van der Waals surface area contributed by atoms with Crippen molar-refractivity contribution >= 4 is 5.91 Å². The summed E-state index contributed by atoms with van der Waals surface area (Å²) in [5.74, 6) is 0.479. The second kappa shape index (κ2) is 8.05. The number of hydrogen-bond acceptors (Lipinski definition) is 2. The maximum absolute atomic E-state index is 12.7. The number of rotatable bonds is 5. The van der Waals surface area contributed by atoms with E-state index in [1.54, 1.807) is 0 Å². The molecule has 3 heteroatoms. The molecule has 0 aromatic heterocycles. The third-order valence-corrected chi connectivity index (χ3v) is 5.94. The van der Waals surface area contributed by atoms with E-state index >= 15 is 0 Å². The lowest BCUT2D eigenvalue weighted by Crippen LogP contribution is -2.49. The molecule has 1 saturated heterocycles. The van der Waals surface area contributed by atoms with Gasteiger partial charge in [0, 0.05) is 25.4 Å². The van der Waals surface area contributed by atoms with Crippen LogP contribution < -0.4 is 0 Å². The van der Waals surface area contributed by atoms with E-state index in [2.05, 4.69) is 38.1 Å². The Morgan fingerprint density at radius 3 is 2.00 bits per heavy atom. The molecule has 2 aromatic carbocycles. The largest absolute Gasteiger partial charge is 0.389 e. The standard InChI is InChI=1S/C23H29NO2/c1-18(20-9-5-3-6-10-20)17-22(25)24-15-13-23(26,14-16-24)19(2)21-11-7-4-8-12-21/h3-12,18-19,26H,13-17H2,1-2H3/t18-,19-/m1/s1. The summed E-state index contributed by atoms with van der Waals surface area (Å²) in [6.07, 6.45) is 1.79. The molecular weight excluding hydrogens is 322 g/mol. The lowest BCUT2D eigenvalue weighted by Gasteiger charge is -2.42. The minimum Gasteiger partial charge on any atom is -0.389 e. The van der Waals surface area contributed by atoms with Crippen LogP contribution in [0.1, 0.15) is 56.1 Å². The summed E-state index contributed by atoms with van der Waals surface area (Å²) in [6, 6.07) is 20.3. The van der Waals surface area contributed by atoms with Crippen molar-refractivity contribution in [2.24, 2.45) is 0 Å². The average molecular weight is 351 g/mol. The van der Waals surface area contributed by atoms with Crippen molar-refractivity contribution in [3.05, 3.63) is 71.8 Å². The molecule has 2 atom stereocenters. The third kappa shape index (κ3) is 4.16. The molecule has 3 nitrogen and oxygen atoms in total. The predicted octanol–water partition coefficient (Wildman–Crippen LogP) is 4.34. The first-order valence-electron chi connectivity index (χ1n) is 9.59. The van der Waals surface area contributed by atoms with E-state index < -0.39 is 5.60 Å². The van der Waals surface area contributed by atoms with Crippen molar-refractivity contribution in [1.82, 2.24) is 4.90 Å². The fourth-order valence-electron chi connectivity index (χ4n) is 3.92. The first-order chi connectivity index (χ1) is 12.5. The fraction of sp³-hybridized carbons (Fsp3) is 0.435. The number of piperidine rings is 1. The molecule has 26 heavy (non-hydrogen) atoms. The summed E-state index contributed by atoms with van der Waals surface area (Å²) in [5.41, 5.74) is 1.63. The van der Waals surface area contributed by atoms with Gasteiger partial charge in [-0.1, -0.05) is 74.5 Å². The molecule has 0 spiro atoms. The monoisotopic (exact) mass is 351 g/mol. The highest BCUT2D eigenvalue weighted by molar-refractivity contribution is 5.77. The maximum atomic E-state index is 12.7. The quantitative estimate of drug-likeness (QED) is 0.871. The summed E-state index contributed by atoms with van der Waals surface area (Å²) in [7, 11) is 0. The minimum absolute atomic E-state index is 0.0733. The Balaban J connectivity index is 1.57. The lowest BCUT2D eigenvalue weighted by molar-refractivity contribution is -0.136. The number of benzene rings is 2. The maximum Gasteiger partial charge on any atom is 0.223 e. The van der Waals surface area contributed by atoms with Gasteiger partial charge < -0.3 is 10.0 Å². The molecule has 138 valence electrons. The molecular formula is C23H29NO2. The number of carbonyl (C=O) groups is 1. The van der Waals surface area contributed by atoms with Crippen LogP contribution >= 0.6 is 0 Å². The molecule has 0 saturated carbocycles. The van der Waals surface area contributed by atoms with Gasteiger partial charge in [-0.15, -0.1) is 0 Å². The van der Waals surface area contributed by atoms with Crippen LogP contribution in [0.5, 0.6) is 0 Å². The Morgan fingerprint density at radius 1 is 0.962 bits per heavy atom. The first-order valence-corrected chi connectivity index (χ1v) is 9.59. The van der Waals surface area contributed by atoms with Gasteiger partial charge in [-0.05, 0) is 29.9 Å². The van der Waals surface area contributed by atoms with Crippen LogP contribution in [0.15, 0.2) is 60.7 Å². The molecule has 1 fully saturated rings. The Bertz CT molecular complexity index is 706. The highest BCUT2D eigenvalue weighted by Gasteiger charge is 2.39. The van der Waals surface area contributed by atoms with E-state index in [4.69, 9.17) is 0 Å². The molecule has 2 aromatic rings. The second-order valence-corrected chi connectivity index (χ2v) is 7.63. The number of hydrogen-bond donors (Lipinski definition) is 1. The molecule has 3 rings (SSSR count). The Kier molecular flexibility index (Phi) is 5.77. The van der Waals surface area contributed by atoms with E-state index in [9.17, 15) is 9.90 Å². The Hall–Kier alpha value is -2.13. The summed E-state index contributed by atoms with van der Waals surface area (Å²) in [5, 5.41) is 11.1. The van der Waals surface area contributed by atoms with E-state index in [0.29, 0.717) is 32.4 Å². The zero-order valence-corrected chi connectivity index (χ0v) is 15.8. The van der Waals surface area contributed by atoms with Gasteiger partial charge in [-0.3, -0.25) is 4.79 Å². The molecule has 1 heterocycles. The number of aliphatic hydroxyl groups is 1. The highest BCUT2D eigenvalue weighted by Crippen LogP contribution is 2.36. The number of carbonyl (C=O) groups excluding carboxylic acids is 1. The predicted molar refractivity (Wildman–Crippen MR) is 105 cm³/mol. The first kappa shape index (κ1) is 18.7. The molecule has 1 amide bonds. The lowest BCUT2D eigenvalue weighted by atomic mass is 9.77. The molecule has 1 N–H and O–H groups in total. The highest BCUT2D eigenvalue weighted by atomic mass is 16.3. The van der Waals surface area contributed by atoms with E-state index in [0.717, 1.165) is 5.56 Å². The Morgan fingerprint density at radius 2 is 1.46 bits per heavy atom. The molecule has 0 bridgehead atoms. The van der Waals surface area contributed by atoms with Crippen LogP contribution in [-0.2, 0) is 4.79 Å². The number of likely N-dealkylation sites (tertiary alicyclic amines) is 1. The van der Waals surface area contributed by atoms with Crippen LogP contribution in [0.4, 0.5) is 0 Å². The topological polar surface area (TPSA) is 40.5 Å². The summed E-state index contributed by atoms with van der Waals surface area (Å²) in [4.78, 5) is 14.6. The van der Waals surface area contributed by atoms with Gasteiger partial charge in [0.25, 0.3) is 0 Å². The fourth-order valence-corrected chi connectivity index (χ4v) is 3.92. The van der Waals surface area contributed by atoms with Crippen LogP contribution in [0, 0.1) is 0 Å². The van der Waals surface area contributed by atoms with Gasteiger partial charge >= 0.3 is 0 Å². The molecule has 1 aliphatic heterocycles. The van der Waals surface area contributed by atoms with Crippen LogP contribution in [0.25, 0.3) is 0 Å². The zero-order valence-electron chi connectivity index (χ0n) is 15.8. The van der Waals surface area contributed by atoms with E-state index in [1.807, 2.05) is 41.3 Å². The summed E-state index contributed by atoms with van der Waals surface area (Å²) < 4.78 is 0. The average Bonchev–Trinajstić information content (AvgIpc) is 2.69. The van der Waals surface area contributed by atoms with Crippen molar-refractivity contribution in [3.63, 3.8) is 0 Å². The zero-order chi connectivity index (χ0) is 18.6. The third-order valence-electron chi connectivity index (χ3n) is 5.94. The summed E-state index contributed by atoms with van der Waals surface area (Å²) in [6.45, 7) is 5.46. The van der Waals surface area contributed by atoms with Crippen molar-refractivity contribution in [2.45, 2.75) is 50.5 Å². The number of amides is 1. The second-order valence-electron chi connectivity index (χ2n) is 7.63. The van der Waals surface area contributed by atoms with Crippen molar-refractivity contribution in [1.29, 1.82) is 0 Å². The molecule has 1 aliphatic rings. The molecule has 0 aliphatic carbocycles. The smallest absolute Gasteiger partial charge is 0.223 e. The van der Waals surface area contributed by atoms with Gasteiger partial charge in [0.1, 0.15) is 0 Å². The van der Waals surface area contributed by atoms with Gasteiger partial charge in [-0.25, -0.2) is 0 Å². The minimum atomic E-state index is -0.733. The number of nitrogens with zero attached hydrogens (tertiary/aromatic N) is 1. The van der Waals surface area contributed by atoms with Crippen LogP contribution in [0.2, 0.25) is 0 Å². The van der Waals surface area contributed by atoms with E-state index in [-0.39, 0.29) is 17.7 Å². The van der Waals surface area contributed by atoms with Gasteiger partial charge in [-0.2, -0.15) is 0 Å². The SMILES string of the molecule is C[C@H](CC(=O)N1CCC(O)([C@H](C)c2ccccc2)CC1)c1ccccc1. The van der Waals surface area contributed by atoms with Crippen molar-refractivity contribution < 1.29 is 9.90 Å². The Labute approximate surface area is 156 Å². The van der Waals surface area contributed by atoms with Gasteiger partial charge in [0.15, 0.2) is 0 Å². The summed E-state index contributed by atoms with van der Waals surface area (Å²) >= 11 is 0. The van der Waals surface area contributed by atoms with Crippen molar-refractivity contribution in [3.8, 4) is 0 Å². The molecule has 0 unspecified atom stereocenters. The van der Waals surface area contributed by atoms with Crippen molar-refractivity contribution in [2.75, 3.05) is 13.1 Å². The van der Waals surface area contributed by atoms with Crippen LogP contribution in [0.3, 0.4) is 0 Å².